The van der Waals surface area contributed by atoms with Gasteiger partial charge in [0.05, 0.1) is 5.56 Å². The first-order valence-corrected chi connectivity index (χ1v) is 7.92. The summed E-state index contributed by atoms with van der Waals surface area (Å²) in [6.07, 6.45) is 1.91. The van der Waals surface area contributed by atoms with E-state index in [9.17, 15) is 4.79 Å². The molecule has 0 saturated carbocycles. The molecule has 0 spiro atoms. The largest absolute Gasteiger partial charge is 0.478 e. The van der Waals surface area contributed by atoms with E-state index in [-0.39, 0.29) is 5.56 Å². The highest BCUT2D eigenvalue weighted by Gasteiger charge is 2.14. The van der Waals surface area contributed by atoms with Gasteiger partial charge in [-0.15, -0.1) is 10.2 Å². The number of hydrogen-bond acceptors (Lipinski definition) is 6. The fourth-order valence-electron chi connectivity index (χ4n) is 1.17. The van der Waals surface area contributed by atoms with Crippen molar-refractivity contribution in [2.45, 2.75) is 13.6 Å². The van der Waals surface area contributed by atoms with E-state index in [0.29, 0.717) is 14.3 Å². The van der Waals surface area contributed by atoms with E-state index < -0.39 is 5.97 Å². The summed E-state index contributed by atoms with van der Waals surface area (Å²) < 4.78 is 1.54. The molecule has 0 unspecified atom stereocenters. The van der Waals surface area contributed by atoms with Gasteiger partial charge >= 0.3 is 5.97 Å². The Morgan fingerprint density at radius 2 is 2.11 bits per heavy atom. The minimum Gasteiger partial charge on any atom is -0.478 e. The van der Waals surface area contributed by atoms with Crippen LogP contribution in [0.4, 0.5) is 0 Å². The average Bonchev–Trinajstić information content (AvgIpc) is 2.76. The molecule has 2 rings (SSSR count). The lowest BCUT2D eigenvalue weighted by molar-refractivity contribution is 0.0693. The van der Waals surface area contributed by atoms with Crippen molar-refractivity contribution in [3.63, 3.8) is 0 Å². The van der Waals surface area contributed by atoms with Gasteiger partial charge in [-0.05, 0) is 24.5 Å². The third-order valence-corrected chi connectivity index (χ3v) is 5.18. The molecule has 18 heavy (non-hydrogen) atoms. The number of benzene rings is 1. The fourth-order valence-corrected chi connectivity index (χ4v) is 3.97. The molecule has 1 aromatic heterocycles. The lowest BCUT2D eigenvalue weighted by atomic mass is 10.2. The highest BCUT2D eigenvalue weighted by atomic mass is 35.5. The van der Waals surface area contributed by atoms with Crippen LogP contribution in [0.5, 0.6) is 0 Å². The molecule has 0 saturated heterocycles. The zero-order valence-corrected chi connectivity index (χ0v) is 12.3. The Hall–Kier alpha value is -0.760. The Morgan fingerprint density at radius 1 is 1.39 bits per heavy atom. The van der Waals surface area contributed by atoms with Crippen LogP contribution in [0.2, 0.25) is 5.02 Å². The minimum atomic E-state index is -0.983. The second-order valence-corrected chi connectivity index (χ2v) is 6.84. The van der Waals surface area contributed by atoms with Crippen LogP contribution in [0.25, 0.3) is 0 Å². The molecule has 1 aromatic carbocycles. The normalized spacial score (nSPS) is 10.6. The second-order valence-electron chi connectivity index (χ2n) is 3.09. The maximum atomic E-state index is 11.1. The Kier molecular flexibility index (Phi) is 4.50. The van der Waals surface area contributed by atoms with E-state index in [4.69, 9.17) is 16.7 Å². The van der Waals surface area contributed by atoms with Crippen molar-refractivity contribution in [2.24, 2.45) is 0 Å². The van der Waals surface area contributed by atoms with Crippen LogP contribution in [0.3, 0.4) is 0 Å². The van der Waals surface area contributed by atoms with Crippen molar-refractivity contribution in [1.82, 2.24) is 10.2 Å². The smallest absolute Gasteiger partial charge is 0.336 e. The quantitative estimate of drug-likeness (QED) is 0.866. The van der Waals surface area contributed by atoms with Crippen LogP contribution < -0.4 is 0 Å². The van der Waals surface area contributed by atoms with Crippen molar-refractivity contribution in [3.8, 4) is 0 Å². The highest BCUT2D eigenvalue weighted by molar-refractivity contribution is 8.03. The predicted molar refractivity (Wildman–Crippen MR) is 74.2 cm³/mol. The molecule has 0 bridgehead atoms. The van der Waals surface area contributed by atoms with E-state index in [0.717, 1.165) is 4.34 Å². The number of carboxylic acids is 1. The summed E-state index contributed by atoms with van der Waals surface area (Å²) in [7, 11) is 0. The standard InChI is InChI=1S/C10H7ClN2O2S3/c1-16-9-12-13-10(18-9)17-7-4-5(11)2-3-6(7)8(14)15/h2-4H,1H3,(H,14,15). The van der Waals surface area contributed by atoms with Gasteiger partial charge in [0.2, 0.25) is 0 Å². The SMILES string of the molecule is CSc1nnc(Sc2cc(Cl)ccc2C(=O)O)s1. The summed E-state index contributed by atoms with van der Waals surface area (Å²) in [5, 5.41) is 17.5. The number of hydrogen-bond donors (Lipinski definition) is 1. The molecule has 0 radical (unpaired) electrons. The molecule has 0 atom stereocenters. The summed E-state index contributed by atoms with van der Waals surface area (Å²) in [5.74, 6) is -0.983. The number of nitrogens with zero attached hydrogens (tertiary/aromatic N) is 2. The van der Waals surface area contributed by atoms with Gasteiger partial charge in [0.15, 0.2) is 8.68 Å². The summed E-state index contributed by atoms with van der Waals surface area (Å²) in [6.45, 7) is 0. The molecule has 2 aromatic rings. The van der Waals surface area contributed by atoms with E-state index in [1.165, 1.54) is 40.9 Å². The molecular formula is C10H7ClN2O2S3. The third kappa shape index (κ3) is 3.17. The molecule has 0 aliphatic heterocycles. The summed E-state index contributed by atoms with van der Waals surface area (Å²) in [4.78, 5) is 11.7. The third-order valence-electron chi connectivity index (χ3n) is 1.93. The van der Waals surface area contributed by atoms with Crippen molar-refractivity contribution in [2.75, 3.05) is 6.26 Å². The maximum absolute atomic E-state index is 11.1. The molecule has 0 fully saturated rings. The van der Waals surface area contributed by atoms with Crippen LogP contribution in [0, 0.1) is 0 Å². The number of carboxylic acid groups (broad SMARTS) is 1. The van der Waals surface area contributed by atoms with Gasteiger partial charge in [0, 0.05) is 9.92 Å². The topological polar surface area (TPSA) is 63.1 Å². The first-order chi connectivity index (χ1) is 8.60. The number of thioether (sulfide) groups is 1. The van der Waals surface area contributed by atoms with Crippen LogP contribution in [-0.2, 0) is 0 Å². The number of halogens is 1. The molecule has 0 amide bonds. The zero-order valence-electron chi connectivity index (χ0n) is 9.08. The first-order valence-electron chi connectivity index (χ1n) is 4.68. The van der Waals surface area contributed by atoms with Gasteiger partial charge < -0.3 is 5.11 Å². The van der Waals surface area contributed by atoms with E-state index in [2.05, 4.69) is 10.2 Å². The van der Waals surface area contributed by atoms with Crippen molar-refractivity contribution in [3.05, 3.63) is 28.8 Å². The highest BCUT2D eigenvalue weighted by Crippen LogP contribution is 2.35. The predicted octanol–water partition coefficient (Wildman–Crippen LogP) is 3.76. The molecule has 1 N–H and O–H groups in total. The zero-order chi connectivity index (χ0) is 13.1. The lowest BCUT2D eigenvalue weighted by Gasteiger charge is -2.03. The van der Waals surface area contributed by atoms with Gasteiger partial charge in [-0.2, -0.15) is 0 Å². The average molecular weight is 319 g/mol. The number of carbonyl (C=O) groups is 1. The van der Waals surface area contributed by atoms with Gasteiger partial charge in [0.1, 0.15) is 0 Å². The van der Waals surface area contributed by atoms with Gasteiger partial charge in [-0.3, -0.25) is 0 Å². The van der Waals surface area contributed by atoms with Crippen LogP contribution in [0.1, 0.15) is 10.4 Å². The number of aromatic nitrogens is 2. The minimum absolute atomic E-state index is 0.213. The first kappa shape index (κ1) is 13.7. The lowest BCUT2D eigenvalue weighted by Crippen LogP contribution is -1.98. The van der Waals surface area contributed by atoms with Crippen LogP contribution in [-0.4, -0.2) is 27.5 Å². The Morgan fingerprint density at radius 3 is 2.72 bits per heavy atom. The van der Waals surface area contributed by atoms with E-state index in [1.807, 2.05) is 6.26 Å². The molecule has 4 nitrogen and oxygen atoms in total. The Balaban J connectivity index is 2.32. The maximum Gasteiger partial charge on any atom is 0.336 e. The molecule has 94 valence electrons. The summed E-state index contributed by atoms with van der Waals surface area (Å²) in [6, 6.07) is 4.67. The van der Waals surface area contributed by atoms with E-state index >= 15 is 0 Å². The molecule has 8 heteroatoms. The Bertz CT molecular complexity index is 588. The molecule has 1 heterocycles. The van der Waals surface area contributed by atoms with Crippen LogP contribution >= 0.6 is 46.5 Å². The van der Waals surface area contributed by atoms with E-state index in [1.54, 1.807) is 12.1 Å². The Labute approximate surface area is 121 Å². The van der Waals surface area contributed by atoms with Gasteiger partial charge in [-0.1, -0.05) is 46.5 Å². The number of aromatic carboxylic acids is 1. The number of rotatable bonds is 4. The monoisotopic (exact) mass is 318 g/mol. The fraction of sp³-hybridized carbons (Fsp3) is 0.100. The summed E-state index contributed by atoms with van der Waals surface area (Å²) in [5.41, 5.74) is 0.213. The molecule has 0 aliphatic carbocycles. The van der Waals surface area contributed by atoms with Crippen molar-refractivity contribution >= 4 is 52.4 Å². The van der Waals surface area contributed by atoms with Crippen molar-refractivity contribution in [1.29, 1.82) is 0 Å². The molecular weight excluding hydrogens is 312 g/mol. The summed E-state index contributed by atoms with van der Waals surface area (Å²) >= 11 is 10.1. The second kappa shape index (κ2) is 5.92. The van der Waals surface area contributed by atoms with Crippen molar-refractivity contribution < 1.29 is 9.90 Å². The van der Waals surface area contributed by atoms with Crippen LogP contribution in [0.15, 0.2) is 31.8 Å². The molecule has 0 aliphatic rings. The van der Waals surface area contributed by atoms with Gasteiger partial charge in [-0.25, -0.2) is 4.79 Å². The van der Waals surface area contributed by atoms with Gasteiger partial charge in [0.25, 0.3) is 0 Å².